The number of hydrogen-bond donors (Lipinski definition) is 0. The van der Waals surface area contributed by atoms with Crippen LogP contribution in [-0.2, 0) is 0 Å². The van der Waals surface area contributed by atoms with Gasteiger partial charge in [-0.1, -0.05) is 50.1 Å². The highest BCUT2D eigenvalue weighted by Gasteiger charge is 2.04. The fourth-order valence-electron chi connectivity index (χ4n) is 0.812. The van der Waals surface area contributed by atoms with Gasteiger partial charge in [0, 0.05) is 9.81 Å². The van der Waals surface area contributed by atoms with E-state index in [0.29, 0.717) is 5.92 Å². The van der Waals surface area contributed by atoms with Crippen molar-refractivity contribution in [2.24, 2.45) is 5.92 Å². The molecule has 0 fully saturated rings. The fraction of sp³-hybridized carbons (Fsp3) is 0.429. The quantitative estimate of drug-likeness (QED) is 0.628. The lowest BCUT2D eigenvalue weighted by molar-refractivity contribution is 0.753. The lowest BCUT2D eigenvalue weighted by atomic mass is 10.0. The summed E-state index contributed by atoms with van der Waals surface area (Å²) in [7, 11) is 0. The molecule has 1 aliphatic rings. The SMILES string of the molecule is BrCC1C=C(Br)C=CC1. The van der Waals surface area contributed by atoms with Crippen LogP contribution in [0.15, 0.2) is 22.7 Å². The molecule has 0 saturated carbocycles. The Bertz CT molecular complexity index is 147. The van der Waals surface area contributed by atoms with Crippen LogP contribution in [0, 0.1) is 5.92 Å². The van der Waals surface area contributed by atoms with Gasteiger partial charge in [0.2, 0.25) is 0 Å². The molecule has 0 bridgehead atoms. The summed E-state index contributed by atoms with van der Waals surface area (Å²) in [5, 5.41) is 1.06. The maximum Gasteiger partial charge on any atom is 0.0135 e. The van der Waals surface area contributed by atoms with Crippen LogP contribution >= 0.6 is 31.9 Å². The number of hydrogen-bond acceptors (Lipinski definition) is 0. The molecule has 0 aromatic rings. The van der Waals surface area contributed by atoms with Gasteiger partial charge in [0.15, 0.2) is 0 Å². The molecular weight excluding hydrogens is 244 g/mol. The van der Waals surface area contributed by atoms with E-state index in [2.05, 4.69) is 50.1 Å². The summed E-state index contributed by atoms with van der Waals surface area (Å²) >= 11 is 6.86. The van der Waals surface area contributed by atoms with E-state index < -0.39 is 0 Å². The minimum Gasteiger partial charge on any atom is -0.0922 e. The smallest absolute Gasteiger partial charge is 0.0135 e. The molecule has 50 valence electrons. The Morgan fingerprint density at radius 1 is 1.67 bits per heavy atom. The Morgan fingerprint density at radius 3 is 2.89 bits per heavy atom. The summed E-state index contributed by atoms with van der Waals surface area (Å²) in [6.07, 6.45) is 7.68. The van der Waals surface area contributed by atoms with Crippen molar-refractivity contribution in [1.29, 1.82) is 0 Å². The maximum absolute atomic E-state index is 3.44. The van der Waals surface area contributed by atoms with E-state index in [4.69, 9.17) is 0 Å². The summed E-state index contributed by atoms with van der Waals surface area (Å²) < 4.78 is 1.21. The minimum atomic E-state index is 0.685. The average molecular weight is 252 g/mol. The third-order valence-corrected chi connectivity index (χ3v) is 2.67. The molecular formula is C7H8Br2. The topological polar surface area (TPSA) is 0 Å². The molecule has 0 aromatic carbocycles. The summed E-state index contributed by atoms with van der Waals surface area (Å²) in [4.78, 5) is 0. The monoisotopic (exact) mass is 250 g/mol. The van der Waals surface area contributed by atoms with E-state index in [-0.39, 0.29) is 0 Å². The highest BCUT2D eigenvalue weighted by atomic mass is 79.9. The fourth-order valence-corrected chi connectivity index (χ4v) is 1.82. The van der Waals surface area contributed by atoms with Crippen molar-refractivity contribution in [3.05, 3.63) is 22.7 Å². The Labute approximate surface area is 72.3 Å². The molecule has 0 nitrogen and oxygen atoms in total. The first-order valence-electron chi connectivity index (χ1n) is 2.93. The van der Waals surface area contributed by atoms with Crippen molar-refractivity contribution in [1.82, 2.24) is 0 Å². The van der Waals surface area contributed by atoms with Crippen LogP contribution in [0.2, 0.25) is 0 Å². The van der Waals surface area contributed by atoms with Gasteiger partial charge < -0.3 is 0 Å². The predicted octanol–water partition coefficient (Wildman–Crippen LogP) is 3.24. The van der Waals surface area contributed by atoms with E-state index in [9.17, 15) is 0 Å². The number of rotatable bonds is 1. The van der Waals surface area contributed by atoms with Gasteiger partial charge in [0.05, 0.1) is 0 Å². The zero-order chi connectivity index (χ0) is 6.69. The molecule has 0 spiro atoms. The lowest BCUT2D eigenvalue weighted by Crippen LogP contribution is -1.98. The molecule has 0 N–H and O–H groups in total. The van der Waals surface area contributed by atoms with Gasteiger partial charge in [-0.25, -0.2) is 0 Å². The van der Waals surface area contributed by atoms with Crippen LogP contribution in [0.4, 0.5) is 0 Å². The van der Waals surface area contributed by atoms with Crippen LogP contribution in [0.25, 0.3) is 0 Å². The third kappa shape index (κ3) is 2.26. The van der Waals surface area contributed by atoms with Gasteiger partial charge in [-0.05, 0) is 12.3 Å². The number of halogens is 2. The highest BCUT2D eigenvalue weighted by Crippen LogP contribution is 2.21. The first-order chi connectivity index (χ1) is 4.33. The molecule has 0 aromatic heterocycles. The molecule has 0 aliphatic heterocycles. The van der Waals surface area contributed by atoms with Crippen molar-refractivity contribution in [2.45, 2.75) is 6.42 Å². The minimum absolute atomic E-state index is 0.685. The van der Waals surface area contributed by atoms with Crippen molar-refractivity contribution < 1.29 is 0 Å². The molecule has 0 radical (unpaired) electrons. The molecule has 1 atom stereocenters. The van der Waals surface area contributed by atoms with Crippen LogP contribution in [0.1, 0.15) is 6.42 Å². The molecule has 1 aliphatic carbocycles. The second-order valence-electron chi connectivity index (χ2n) is 2.10. The van der Waals surface area contributed by atoms with Gasteiger partial charge in [-0.3, -0.25) is 0 Å². The Balaban J connectivity index is 2.55. The molecule has 0 saturated heterocycles. The Morgan fingerprint density at radius 2 is 2.44 bits per heavy atom. The van der Waals surface area contributed by atoms with Crippen molar-refractivity contribution in [2.75, 3.05) is 5.33 Å². The van der Waals surface area contributed by atoms with Gasteiger partial charge in [-0.15, -0.1) is 0 Å². The van der Waals surface area contributed by atoms with E-state index in [1.807, 2.05) is 0 Å². The second kappa shape index (κ2) is 3.57. The van der Waals surface area contributed by atoms with Crippen LogP contribution in [0.3, 0.4) is 0 Å². The molecule has 2 heteroatoms. The lowest BCUT2D eigenvalue weighted by Gasteiger charge is -2.09. The van der Waals surface area contributed by atoms with Gasteiger partial charge in [0.1, 0.15) is 0 Å². The summed E-state index contributed by atoms with van der Waals surface area (Å²) in [5.74, 6) is 0.685. The van der Waals surface area contributed by atoms with Crippen LogP contribution < -0.4 is 0 Å². The van der Waals surface area contributed by atoms with E-state index in [0.717, 1.165) is 5.33 Å². The molecule has 1 rings (SSSR count). The van der Waals surface area contributed by atoms with Crippen molar-refractivity contribution >= 4 is 31.9 Å². The Hall–Kier alpha value is 0.440. The normalized spacial score (nSPS) is 26.0. The number of alkyl halides is 1. The zero-order valence-corrected chi connectivity index (χ0v) is 8.15. The van der Waals surface area contributed by atoms with Crippen molar-refractivity contribution in [3.8, 4) is 0 Å². The van der Waals surface area contributed by atoms with Gasteiger partial charge >= 0.3 is 0 Å². The number of allylic oxidation sites excluding steroid dienone is 4. The maximum atomic E-state index is 3.44. The standard InChI is InChI=1S/C7H8Br2/c8-5-6-2-1-3-7(9)4-6/h1,3-4,6H,2,5H2. The molecule has 0 heterocycles. The van der Waals surface area contributed by atoms with E-state index >= 15 is 0 Å². The molecule has 1 unspecified atom stereocenters. The van der Waals surface area contributed by atoms with Crippen molar-refractivity contribution in [3.63, 3.8) is 0 Å². The molecule has 0 amide bonds. The zero-order valence-electron chi connectivity index (χ0n) is 4.98. The summed E-state index contributed by atoms with van der Waals surface area (Å²) in [6, 6.07) is 0. The van der Waals surface area contributed by atoms with Crippen LogP contribution in [0.5, 0.6) is 0 Å². The highest BCUT2D eigenvalue weighted by molar-refractivity contribution is 9.11. The van der Waals surface area contributed by atoms with Gasteiger partial charge in [-0.2, -0.15) is 0 Å². The summed E-state index contributed by atoms with van der Waals surface area (Å²) in [5.41, 5.74) is 0. The Kier molecular flexibility index (Phi) is 2.99. The van der Waals surface area contributed by atoms with Gasteiger partial charge in [0.25, 0.3) is 0 Å². The first kappa shape index (κ1) is 7.55. The van der Waals surface area contributed by atoms with E-state index in [1.165, 1.54) is 10.9 Å². The average Bonchev–Trinajstić information content (AvgIpc) is 1.88. The second-order valence-corrected chi connectivity index (χ2v) is 3.67. The van der Waals surface area contributed by atoms with E-state index in [1.54, 1.807) is 0 Å². The predicted molar refractivity (Wildman–Crippen MR) is 48.1 cm³/mol. The first-order valence-corrected chi connectivity index (χ1v) is 4.84. The largest absolute Gasteiger partial charge is 0.0922 e. The van der Waals surface area contributed by atoms with Crippen LogP contribution in [-0.4, -0.2) is 5.33 Å². The third-order valence-electron chi connectivity index (χ3n) is 1.31. The molecule has 9 heavy (non-hydrogen) atoms. The summed E-state index contributed by atoms with van der Waals surface area (Å²) in [6.45, 7) is 0.